The third-order valence-electron chi connectivity index (χ3n) is 7.28. The Balaban J connectivity index is 1.72. The number of anilines is 1. The van der Waals surface area contributed by atoms with E-state index in [1.54, 1.807) is 25.1 Å². The molecule has 0 bridgehead atoms. The molecule has 1 N–H and O–H groups in total. The molecule has 9 heteroatoms. The summed E-state index contributed by atoms with van der Waals surface area (Å²) in [5, 5.41) is 3.64. The van der Waals surface area contributed by atoms with E-state index in [0.29, 0.717) is 22.7 Å². The smallest absolute Gasteiger partial charge is 0.244 e. The van der Waals surface area contributed by atoms with Crippen LogP contribution < -0.4 is 9.62 Å². The molecular formula is C31H36ClN3O4S. The molecule has 0 aliphatic heterocycles. The van der Waals surface area contributed by atoms with Crippen molar-refractivity contribution in [2.75, 3.05) is 17.1 Å². The van der Waals surface area contributed by atoms with Crippen LogP contribution in [-0.4, -0.2) is 50.0 Å². The number of aryl methyl sites for hydroxylation is 1. The van der Waals surface area contributed by atoms with Gasteiger partial charge in [0, 0.05) is 24.0 Å². The summed E-state index contributed by atoms with van der Waals surface area (Å²) in [4.78, 5) is 29.5. The Hall–Kier alpha value is -3.36. The van der Waals surface area contributed by atoms with Crippen LogP contribution in [0.5, 0.6) is 0 Å². The van der Waals surface area contributed by atoms with Crippen LogP contribution in [0.15, 0.2) is 78.9 Å². The molecule has 3 aromatic carbocycles. The first-order chi connectivity index (χ1) is 19.1. The van der Waals surface area contributed by atoms with E-state index in [2.05, 4.69) is 5.32 Å². The lowest BCUT2D eigenvalue weighted by atomic mass is 10.0. The number of benzene rings is 3. The third-order valence-corrected chi connectivity index (χ3v) is 8.64. The largest absolute Gasteiger partial charge is 0.352 e. The number of carbonyl (C=O) groups is 2. The number of carbonyl (C=O) groups excluding carboxylic acids is 2. The number of halogens is 1. The summed E-state index contributed by atoms with van der Waals surface area (Å²) < 4.78 is 27.0. The van der Waals surface area contributed by atoms with Gasteiger partial charge < -0.3 is 10.2 Å². The Morgan fingerprint density at radius 1 is 0.950 bits per heavy atom. The maximum Gasteiger partial charge on any atom is 0.244 e. The molecule has 7 nitrogen and oxygen atoms in total. The number of amides is 2. The fourth-order valence-corrected chi connectivity index (χ4v) is 6.33. The summed E-state index contributed by atoms with van der Waals surface area (Å²) in [6, 6.07) is 23.1. The van der Waals surface area contributed by atoms with Crippen molar-refractivity contribution < 1.29 is 18.0 Å². The van der Waals surface area contributed by atoms with Crippen molar-refractivity contribution >= 4 is 39.1 Å². The van der Waals surface area contributed by atoms with Gasteiger partial charge in [0.2, 0.25) is 21.8 Å². The van der Waals surface area contributed by atoms with Crippen molar-refractivity contribution in [2.24, 2.45) is 0 Å². The Morgan fingerprint density at radius 3 is 2.12 bits per heavy atom. The molecule has 0 spiro atoms. The van der Waals surface area contributed by atoms with Crippen LogP contribution in [0.4, 0.5) is 5.69 Å². The van der Waals surface area contributed by atoms with Gasteiger partial charge in [-0.05, 0) is 54.7 Å². The van der Waals surface area contributed by atoms with E-state index in [-0.39, 0.29) is 18.5 Å². The lowest BCUT2D eigenvalue weighted by molar-refractivity contribution is -0.140. The summed E-state index contributed by atoms with van der Waals surface area (Å²) in [5.41, 5.74) is 2.75. The third kappa shape index (κ3) is 7.86. The van der Waals surface area contributed by atoms with E-state index < -0.39 is 28.5 Å². The molecule has 0 radical (unpaired) electrons. The van der Waals surface area contributed by atoms with Crippen LogP contribution >= 0.6 is 11.6 Å². The number of nitrogens with one attached hydrogen (secondary N) is 1. The van der Waals surface area contributed by atoms with Gasteiger partial charge in [0.05, 0.1) is 11.9 Å². The first kappa shape index (κ1) is 29.6. The van der Waals surface area contributed by atoms with E-state index in [1.165, 1.54) is 4.90 Å². The molecule has 1 aliphatic rings. The van der Waals surface area contributed by atoms with Crippen molar-refractivity contribution in [1.82, 2.24) is 10.2 Å². The summed E-state index contributed by atoms with van der Waals surface area (Å²) in [5.74, 6) is -0.695. The van der Waals surface area contributed by atoms with Gasteiger partial charge in [0.15, 0.2) is 0 Å². The van der Waals surface area contributed by atoms with Gasteiger partial charge in [-0.3, -0.25) is 13.9 Å². The average molecular weight is 582 g/mol. The lowest BCUT2D eigenvalue weighted by Crippen LogP contribution is -2.54. The Kier molecular flexibility index (Phi) is 9.87. The van der Waals surface area contributed by atoms with Crippen LogP contribution in [0, 0.1) is 6.92 Å². The minimum absolute atomic E-state index is 0.0729. The second kappa shape index (κ2) is 13.3. The quantitative estimate of drug-likeness (QED) is 0.341. The Labute approximate surface area is 242 Å². The van der Waals surface area contributed by atoms with E-state index in [1.807, 2.05) is 60.7 Å². The van der Waals surface area contributed by atoms with Gasteiger partial charge >= 0.3 is 0 Å². The van der Waals surface area contributed by atoms with Crippen molar-refractivity contribution in [3.63, 3.8) is 0 Å². The minimum Gasteiger partial charge on any atom is -0.352 e. The van der Waals surface area contributed by atoms with Gasteiger partial charge in [-0.2, -0.15) is 0 Å². The summed E-state index contributed by atoms with van der Waals surface area (Å²) >= 11 is 6.12. The van der Waals surface area contributed by atoms with Gasteiger partial charge in [-0.15, -0.1) is 0 Å². The molecule has 0 unspecified atom stereocenters. The second-order valence-corrected chi connectivity index (χ2v) is 12.7. The highest BCUT2D eigenvalue weighted by molar-refractivity contribution is 7.92. The molecule has 3 aromatic rings. The van der Waals surface area contributed by atoms with Crippen LogP contribution in [0.25, 0.3) is 0 Å². The molecule has 2 amide bonds. The number of hydrogen-bond acceptors (Lipinski definition) is 4. The predicted octanol–water partition coefficient (Wildman–Crippen LogP) is 5.11. The van der Waals surface area contributed by atoms with E-state index in [0.717, 1.165) is 47.4 Å². The number of nitrogens with zero attached hydrogens (tertiary/aromatic N) is 2. The standard InChI is InChI=1S/C31H36ClN3O4S/c1-23-19-26(32)17-18-28(23)35(40(2,38)39)22-30(36)34(21-25-13-7-4-8-14-25)29(20-24-11-5-3-6-12-24)31(37)33-27-15-9-10-16-27/h3-8,11-14,17-19,27,29H,9-10,15-16,20-22H2,1-2H3,(H,33,37)/t29-/m0/s1. The van der Waals surface area contributed by atoms with Gasteiger partial charge in [0.1, 0.15) is 12.6 Å². The normalized spacial score (nSPS) is 14.5. The Bertz CT molecular complexity index is 1410. The molecule has 0 saturated heterocycles. The first-order valence-corrected chi connectivity index (χ1v) is 15.8. The average Bonchev–Trinajstić information content (AvgIpc) is 3.43. The zero-order valence-corrected chi connectivity index (χ0v) is 24.5. The second-order valence-electron chi connectivity index (χ2n) is 10.4. The fourth-order valence-electron chi connectivity index (χ4n) is 5.20. The lowest BCUT2D eigenvalue weighted by Gasteiger charge is -2.34. The highest BCUT2D eigenvalue weighted by Gasteiger charge is 2.34. The fraction of sp³-hybridized carbons (Fsp3) is 0.355. The minimum atomic E-state index is -3.84. The van der Waals surface area contributed by atoms with Gasteiger partial charge in [-0.25, -0.2) is 8.42 Å². The molecule has 0 aromatic heterocycles. The predicted molar refractivity (Wildman–Crippen MR) is 160 cm³/mol. The SMILES string of the molecule is Cc1cc(Cl)ccc1N(CC(=O)N(Cc1ccccc1)[C@@H](Cc1ccccc1)C(=O)NC1CCCC1)S(C)(=O)=O. The van der Waals surface area contributed by atoms with E-state index in [4.69, 9.17) is 11.6 Å². The highest BCUT2D eigenvalue weighted by Crippen LogP contribution is 2.26. The molecular weight excluding hydrogens is 546 g/mol. The zero-order chi connectivity index (χ0) is 28.7. The first-order valence-electron chi connectivity index (χ1n) is 13.5. The van der Waals surface area contributed by atoms with Crippen LogP contribution in [0.1, 0.15) is 42.4 Å². The van der Waals surface area contributed by atoms with Crippen molar-refractivity contribution in [3.05, 3.63) is 101 Å². The van der Waals surface area contributed by atoms with Crippen molar-refractivity contribution in [1.29, 1.82) is 0 Å². The maximum absolute atomic E-state index is 14.1. The maximum atomic E-state index is 14.1. The molecule has 1 fully saturated rings. The topological polar surface area (TPSA) is 86.8 Å². The van der Waals surface area contributed by atoms with Crippen LogP contribution in [-0.2, 0) is 32.6 Å². The monoisotopic (exact) mass is 581 g/mol. The molecule has 1 saturated carbocycles. The molecule has 1 atom stereocenters. The van der Waals surface area contributed by atoms with Crippen LogP contribution in [0.2, 0.25) is 5.02 Å². The van der Waals surface area contributed by atoms with Gasteiger partial charge in [-0.1, -0.05) is 85.1 Å². The van der Waals surface area contributed by atoms with Crippen molar-refractivity contribution in [2.45, 2.75) is 57.7 Å². The van der Waals surface area contributed by atoms with Crippen LogP contribution in [0.3, 0.4) is 0 Å². The van der Waals surface area contributed by atoms with E-state index in [9.17, 15) is 18.0 Å². The number of rotatable bonds is 11. The zero-order valence-electron chi connectivity index (χ0n) is 22.9. The molecule has 212 valence electrons. The molecule has 40 heavy (non-hydrogen) atoms. The molecule has 0 heterocycles. The number of hydrogen-bond donors (Lipinski definition) is 1. The highest BCUT2D eigenvalue weighted by atomic mass is 35.5. The summed E-state index contributed by atoms with van der Waals surface area (Å²) in [7, 11) is -3.84. The molecule has 4 rings (SSSR count). The summed E-state index contributed by atoms with van der Waals surface area (Å²) in [6.07, 6.45) is 5.32. The summed E-state index contributed by atoms with van der Waals surface area (Å²) in [6.45, 7) is 1.46. The van der Waals surface area contributed by atoms with Gasteiger partial charge in [0.25, 0.3) is 0 Å². The molecule has 1 aliphatic carbocycles. The Morgan fingerprint density at radius 2 is 1.55 bits per heavy atom. The van der Waals surface area contributed by atoms with E-state index >= 15 is 0 Å². The van der Waals surface area contributed by atoms with Crippen molar-refractivity contribution in [3.8, 4) is 0 Å². The number of sulfonamides is 1.